The van der Waals surface area contributed by atoms with Gasteiger partial charge in [-0.15, -0.1) is 11.3 Å². The van der Waals surface area contributed by atoms with Gasteiger partial charge in [0.15, 0.2) is 11.5 Å². The number of ether oxygens (including phenoxy) is 2. The number of nitrogens with one attached hydrogen (secondary N) is 1. The van der Waals surface area contributed by atoms with Crippen LogP contribution in [0.4, 0.5) is 5.69 Å². The molecule has 2 aliphatic rings. The predicted molar refractivity (Wildman–Crippen MR) is 114 cm³/mol. The van der Waals surface area contributed by atoms with Crippen LogP contribution in [0.1, 0.15) is 23.8 Å². The number of rotatable bonds is 4. The minimum Gasteiger partial charge on any atom is -0.486 e. The summed E-state index contributed by atoms with van der Waals surface area (Å²) >= 11 is 1.78. The van der Waals surface area contributed by atoms with Gasteiger partial charge in [-0.1, -0.05) is 12.1 Å². The van der Waals surface area contributed by atoms with E-state index in [0.29, 0.717) is 31.4 Å². The van der Waals surface area contributed by atoms with Crippen molar-refractivity contribution in [1.82, 2.24) is 9.88 Å². The van der Waals surface area contributed by atoms with Gasteiger partial charge in [-0.25, -0.2) is 4.98 Å². The highest BCUT2D eigenvalue weighted by atomic mass is 32.1. The first-order valence-electron chi connectivity index (χ1n) is 10.0. The fourth-order valence-electron chi connectivity index (χ4n) is 3.99. The van der Waals surface area contributed by atoms with E-state index in [0.717, 1.165) is 42.9 Å². The van der Waals surface area contributed by atoms with Crippen LogP contribution in [0.15, 0.2) is 42.5 Å². The smallest absolute Gasteiger partial charge is 0.238 e. The Kier molecular flexibility index (Phi) is 5.08. The highest BCUT2D eigenvalue weighted by Gasteiger charge is 2.25. The van der Waals surface area contributed by atoms with Crippen molar-refractivity contribution in [2.45, 2.75) is 18.8 Å². The zero-order valence-electron chi connectivity index (χ0n) is 16.1. The number of carbonyl (C=O) groups is 1. The predicted octanol–water partition coefficient (Wildman–Crippen LogP) is 3.89. The maximum Gasteiger partial charge on any atom is 0.238 e. The van der Waals surface area contributed by atoms with Crippen molar-refractivity contribution >= 4 is 33.1 Å². The van der Waals surface area contributed by atoms with E-state index < -0.39 is 0 Å². The number of aromatic nitrogens is 1. The third-order valence-corrected chi connectivity index (χ3v) is 6.56. The molecule has 150 valence electrons. The maximum atomic E-state index is 12.6. The summed E-state index contributed by atoms with van der Waals surface area (Å²) in [5.74, 6) is 1.79. The minimum absolute atomic E-state index is 0.00775. The van der Waals surface area contributed by atoms with Crippen molar-refractivity contribution in [3.8, 4) is 11.5 Å². The number of hydrogen-bond donors (Lipinski definition) is 1. The molecule has 1 fully saturated rings. The Hall–Kier alpha value is -2.64. The molecule has 3 aromatic rings. The molecular formula is C22H23N3O3S. The van der Waals surface area contributed by atoms with Gasteiger partial charge >= 0.3 is 0 Å². The van der Waals surface area contributed by atoms with E-state index in [4.69, 9.17) is 14.5 Å². The van der Waals surface area contributed by atoms with Gasteiger partial charge in [0.2, 0.25) is 5.91 Å². The third kappa shape index (κ3) is 4.06. The standard InChI is InChI=1S/C22H23N3O3S/c26-21(23-16-7-8-18-19(12-16)28-11-10-27-18)14-25-9-3-4-15(13-25)22-24-17-5-1-2-6-20(17)29-22/h1-2,5-8,12,15H,3-4,9-11,13-14H2,(H,23,26)/t15-/m0/s1. The fraction of sp³-hybridized carbons (Fsp3) is 0.364. The molecule has 5 rings (SSSR count). The summed E-state index contributed by atoms with van der Waals surface area (Å²) in [5.41, 5.74) is 1.81. The number of piperidine rings is 1. The zero-order valence-corrected chi connectivity index (χ0v) is 16.9. The molecule has 6 nitrogen and oxygen atoms in total. The Morgan fingerprint density at radius 2 is 2.03 bits per heavy atom. The molecular weight excluding hydrogens is 386 g/mol. The molecule has 1 aromatic heterocycles. The molecule has 0 radical (unpaired) electrons. The van der Waals surface area contributed by atoms with Crippen LogP contribution in [0.2, 0.25) is 0 Å². The lowest BCUT2D eigenvalue weighted by Gasteiger charge is -2.31. The van der Waals surface area contributed by atoms with Crippen molar-refractivity contribution < 1.29 is 14.3 Å². The van der Waals surface area contributed by atoms with Gasteiger partial charge in [-0.3, -0.25) is 9.69 Å². The van der Waals surface area contributed by atoms with Crippen molar-refractivity contribution in [1.29, 1.82) is 0 Å². The van der Waals surface area contributed by atoms with Crippen LogP contribution in [0.25, 0.3) is 10.2 Å². The average molecular weight is 410 g/mol. The second kappa shape index (κ2) is 8.00. The number of anilines is 1. The lowest BCUT2D eigenvalue weighted by Crippen LogP contribution is -2.39. The Morgan fingerprint density at radius 3 is 2.93 bits per heavy atom. The van der Waals surface area contributed by atoms with Gasteiger partial charge in [0, 0.05) is 24.2 Å². The molecule has 1 saturated heterocycles. The quantitative estimate of drug-likeness (QED) is 0.708. The van der Waals surface area contributed by atoms with E-state index in [2.05, 4.69) is 28.4 Å². The number of carbonyl (C=O) groups excluding carboxylic acids is 1. The summed E-state index contributed by atoms with van der Waals surface area (Å²) in [7, 11) is 0. The maximum absolute atomic E-state index is 12.6. The van der Waals surface area contributed by atoms with Gasteiger partial charge in [-0.2, -0.15) is 0 Å². The van der Waals surface area contributed by atoms with Crippen LogP contribution >= 0.6 is 11.3 Å². The van der Waals surface area contributed by atoms with Crippen molar-refractivity contribution in [2.75, 3.05) is 38.2 Å². The molecule has 2 aliphatic heterocycles. The van der Waals surface area contributed by atoms with E-state index >= 15 is 0 Å². The van der Waals surface area contributed by atoms with E-state index in [9.17, 15) is 4.79 Å². The van der Waals surface area contributed by atoms with E-state index in [1.807, 2.05) is 24.3 Å². The summed E-state index contributed by atoms with van der Waals surface area (Å²) in [4.78, 5) is 19.6. The number of nitrogens with zero attached hydrogens (tertiary/aromatic N) is 2. The van der Waals surface area contributed by atoms with E-state index in [-0.39, 0.29) is 5.91 Å². The largest absolute Gasteiger partial charge is 0.486 e. The molecule has 0 aliphatic carbocycles. The highest BCUT2D eigenvalue weighted by molar-refractivity contribution is 7.18. The topological polar surface area (TPSA) is 63.7 Å². The summed E-state index contributed by atoms with van der Waals surface area (Å²) in [6.45, 7) is 3.29. The number of para-hydroxylation sites is 1. The van der Waals surface area contributed by atoms with Crippen LogP contribution < -0.4 is 14.8 Å². The molecule has 7 heteroatoms. The molecule has 3 heterocycles. The molecule has 1 amide bonds. The van der Waals surface area contributed by atoms with Crippen molar-refractivity contribution in [3.05, 3.63) is 47.5 Å². The third-order valence-electron chi connectivity index (χ3n) is 5.36. The molecule has 1 atom stereocenters. The molecule has 0 bridgehead atoms. The normalized spacial score (nSPS) is 19.2. The molecule has 0 spiro atoms. The Bertz CT molecular complexity index is 1000. The van der Waals surface area contributed by atoms with Crippen molar-refractivity contribution in [2.24, 2.45) is 0 Å². The zero-order chi connectivity index (χ0) is 19.6. The van der Waals surface area contributed by atoms with Crippen LogP contribution in [0.5, 0.6) is 11.5 Å². The van der Waals surface area contributed by atoms with Gasteiger partial charge in [0.25, 0.3) is 0 Å². The van der Waals surface area contributed by atoms with Crippen LogP contribution in [-0.2, 0) is 4.79 Å². The van der Waals surface area contributed by atoms with Gasteiger partial charge < -0.3 is 14.8 Å². The monoisotopic (exact) mass is 409 g/mol. The second-order valence-corrected chi connectivity index (χ2v) is 8.56. The summed E-state index contributed by atoms with van der Waals surface area (Å²) in [5, 5.41) is 4.17. The number of benzene rings is 2. The molecule has 1 N–H and O–H groups in total. The van der Waals surface area contributed by atoms with E-state index in [1.165, 1.54) is 9.71 Å². The number of hydrogen-bond acceptors (Lipinski definition) is 6. The van der Waals surface area contributed by atoms with Crippen LogP contribution in [0.3, 0.4) is 0 Å². The summed E-state index contributed by atoms with van der Waals surface area (Å²) < 4.78 is 12.4. The first-order valence-corrected chi connectivity index (χ1v) is 10.8. The fourth-order valence-corrected chi connectivity index (χ4v) is 5.08. The van der Waals surface area contributed by atoms with E-state index in [1.54, 1.807) is 11.3 Å². The lowest BCUT2D eigenvalue weighted by atomic mass is 9.99. The highest BCUT2D eigenvalue weighted by Crippen LogP contribution is 2.34. The summed E-state index contributed by atoms with van der Waals surface area (Å²) in [6.07, 6.45) is 2.21. The number of fused-ring (bicyclic) bond motifs is 2. The second-order valence-electron chi connectivity index (χ2n) is 7.50. The summed E-state index contributed by atoms with van der Waals surface area (Å²) in [6, 6.07) is 13.8. The van der Waals surface area contributed by atoms with Gasteiger partial charge in [-0.05, 0) is 43.7 Å². The van der Waals surface area contributed by atoms with Crippen LogP contribution in [0, 0.1) is 0 Å². The molecule has 0 unspecified atom stereocenters. The first kappa shape index (κ1) is 18.4. The SMILES string of the molecule is O=C(CN1CCC[C@H](c2nc3ccccc3s2)C1)Nc1ccc2c(c1)OCCO2. The van der Waals surface area contributed by atoms with Crippen LogP contribution in [-0.4, -0.2) is 48.6 Å². The molecule has 0 saturated carbocycles. The van der Waals surface area contributed by atoms with Gasteiger partial charge in [0.1, 0.15) is 13.2 Å². The number of likely N-dealkylation sites (tertiary alicyclic amines) is 1. The number of amides is 1. The molecule has 29 heavy (non-hydrogen) atoms. The minimum atomic E-state index is -0.00775. The van der Waals surface area contributed by atoms with Crippen molar-refractivity contribution in [3.63, 3.8) is 0 Å². The average Bonchev–Trinajstić information content (AvgIpc) is 3.18. The Morgan fingerprint density at radius 1 is 1.17 bits per heavy atom. The molecule has 2 aromatic carbocycles. The Labute approximate surface area is 173 Å². The lowest BCUT2D eigenvalue weighted by molar-refractivity contribution is -0.117. The first-order chi connectivity index (χ1) is 14.2. The Balaban J connectivity index is 1.21. The number of thiazole rings is 1. The van der Waals surface area contributed by atoms with Gasteiger partial charge in [0.05, 0.1) is 21.8 Å².